The summed E-state index contributed by atoms with van der Waals surface area (Å²) in [6.07, 6.45) is 1.48. The summed E-state index contributed by atoms with van der Waals surface area (Å²) >= 11 is 0. The number of carboxylic acid groups (broad SMARTS) is 1. The first-order chi connectivity index (χ1) is 9.49. The third kappa shape index (κ3) is 2.85. The number of hydrogen-bond acceptors (Lipinski definition) is 2. The van der Waals surface area contributed by atoms with Crippen LogP contribution in [0, 0.1) is 12.7 Å². The summed E-state index contributed by atoms with van der Waals surface area (Å²) in [5.74, 6) is -2.14. The Morgan fingerprint density at radius 1 is 1.30 bits per heavy atom. The van der Waals surface area contributed by atoms with Crippen molar-refractivity contribution in [2.75, 3.05) is 5.32 Å². The number of nitrogens with zero attached hydrogens (tertiary/aromatic N) is 1. The number of hydrogen-bond donors (Lipinski definition) is 2. The van der Waals surface area contributed by atoms with Crippen molar-refractivity contribution in [3.8, 4) is 0 Å². The Hall–Kier alpha value is -2.63. The summed E-state index contributed by atoms with van der Waals surface area (Å²) in [6.45, 7) is 1.35. The summed E-state index contributed by atoms with van der Waals surface area (Å²) in [5.41, 5.74) is 0.852. The highest BCUT2D eigenvalue weighted by atomic mass is 19.1. The molecule has 0 aliphatic rings. The Balaban J connectivity index is 2.25. The average molecular weight is 276 g/mol. The molecule has 2 N–H and O–H groups in total. The highest BCUT2D eigenvalue weighted by Crippen LogP contribution is 2.19. The van der Waals surface area contributed by atoms with Gasteiger partial charge in [0.15, 0.2) is 0 Å². The van der Waals surface area contributed by atoms with Crippen LogP contribution < -0.4 is 5.32 Å². The Labute approximate surface area is 114 Å². The summed E-state index contributed by atoms with van der Waals surface area (Å²) in [5, 5.41) is 11.2. The Morgan fingerprint density at radius 2 is 2.05 bits per heavy atom. The van der Waals surface area contributed by atoms with Gasteiger partial charge in [0.1, 0.15) is 18.1 Å². The molecule has 0 bridgehead atoms. The number of para-hydroxylation sites is 1. The number of aromatic nitrogens is 1. The van der Waals surface area contributed by atoms with Crippen LogP contribution in [0.2, 0.25) is 0 Å². The first-order valence-electron chi connectivity index (χ1n) is 5.92. The molecule has 0 saturated heterocycles. The predicted molar refractivity (Wildman–Crippen MR) is 71.2 cm³/mol. The molecule has 0 unspecified atom stereocenters. The van der Waals surface area contributed by atoms with Crippen LogP contribution in [0.15, 0.2) is 36.5 Å². The zero-order valence-corrected chi connectivity index (χ0v) is 10.8. The van der Waals surface area contributed by atoms with E-state index in [0.29, 0.717) is 5.56 Å². The fourth-order valence-electron chi connectivity index (χ4n) is 1.87. The number of carboxylic acids is 1. The first kappa shape index (κ1) is 13.8. The molecule has 0 radical (unpaired) electrons. The Kier molecular flexibility index (Phi) is 3.84. The number of carbonyl (C=O) groups excluding carboxylic acids is 1. The fraction of sp³-hybridized carbons (Fsp3) is 0.143. The topological polar surface area (TPSA) is 71.3 Å². The number of halogens is 1. The molecule has 5 nitrogen and oxygen atoms in total. The smallest absolute Gasteiger partial charge is 0.323 e. The molecule has 1 heterocycles. The van der Waals surface area contributed by atoms with Gasteiger partial charge in [0.05, 0.1) is 5.69 Å². The maximum Gasteiger partial charge on any atom is 0.323 e. The second-order valence-electron chi connectivity index (χ2n) is 4.30. The molecule has 0 fully saturated rings. The number of rotatable bonds is 4. The maximum absolute atomic E-state index is 13.6. The summed E-state index contributed by atoms with van der Waals surface area (Å²) in [6, 6.07) is 7.52. The zero-order valence-electron chi connectivity index (χ0n) is 10.8. The molecule has 0 spiro atoms. The van der Waals surface area contributed by atoms with E-state index in [2.05, 4.69) is 5.32 Å². The first-order valence-corrected chi connectivity index (χ1v) is 5.92. The van der Waals surface area contributed by atoms with E-state index in [4.69, 9.17) is 5.11 Å². The van der Waals surface area contributed by atoms with Crippen LogP contribution in [-0.2, 0) is 11.3 Å². The molecular formula is C14H13FN2O3. The number of aryl methyl sites for hydroxylation is 1. The van der Waals surface area contributed by atoms with Crippen molar-refractivity contribution in [3.63, 3.8) is 0 Å². The van der Waals surface area contributed by atoms with Crippen molar-refractivity contribution >= 4 is 17.6 Å². The number of amides is 1. The molecular weight excluding hydrogens is 263 g/mol. The van der Waals surface area contributed by atoms with Gasteiger partial charge in [0, 0.05) is 6.20 Å². The molecule has 20 heavy (non-hydrogen) atoms. The van der Waals surface area contributed by atoms with Gasteiger partial charge in [-0.25, -0.2) is 4.39 Å². The lowest BCUT2D eigenvalue weighted by molar-refractivity contribution is -0.137. The molecule has 1 aromatic carbocycles. The third-order valence-electron chi connectivity index (χ3n) is 2.83. The molecule has 2 rings (SSSR count). The SMILES string of the molecule is Cc1cccc(F)c1NC(=O)c1cccn1CC(=O)O. The number of nitrogens with one attached hydrogen (secondary N) is 1. The molecule has 1 aromatic heterocycles. The van der Waals surface area contributed by atoms with Crippen molar-refractivity contribution in [2.24, 2.45) is 0 Å². The van der Waals surface area contributed by atoms with E-state index in [0.717, 1.165) is 0 Å². The second-order valence-corrected chi connectivity index (χ2v) is 4.30. The monoisotopic (exact) mass is 276 g/mol. The largest absolute Gasteiger partial charge is 0.480 e. The van der Waals surface area contributed by atoms with E-state index < -0.39 is 17.7 Å². The third-order valence-corrected chi connectivity index (χ3v) is 2.83. The van der Waals surface area contributed by atoms with Crippen molar-refractivity contribution < 1.29 is 19.1 Å². The van der Waals surface area contributed by atoms with Crippen LogP contribution in [0.3, 0.4) is 0 Å². The van der Waals surface area contributed by atoms with Gasteiger partial charge in [-0.05, 0) is 30.7 Å². The quantitative estimate of drug-likeness (QED) is 0.899. The zero-order chi connectivity index (χ0) is 14.7. The number of carbonyl (C=O) groups is 2. The predicted octanol–water partition coefficient (Wildman–Crippen LogP) is 2.27. The van der Waals surface area contributed by atoms with E-state index in [1.165, 1.54) is 22.9 Å². The van der Waals surface area contributed by atoms with Gasteiger partial charge in [-0.15, -0.1) is 0 Å². The maximum atomic E-state index is 13.6. The van der Waals surface area contributed by atoms with Gasteiger partial charge in [-0.1, -0.05) is 12.1 Å². The van der Waals surface area contributed by atoms with Crippen LogP contribution >= 0.6 is 0 Å². The van der Waals surface area contributed by atoms with Crippen molar-refractivity contribution in [3.05, 3.63) is 53.6 Å². The van der Waals surface area contributed by atoms with E-state index in [1.807, 2.05) is 0 Å². The molecule has 0 aliphatic carbocycles. The average Bonchev–Trinajstić information content (AvgIpc) is 2.81. The van der Waals surface area contributed by atoms with Gasteiger partial charge in [-0.3, -0.25) is 9.59 Å². The van der Waals surface area contributed by atoms with Crippen LogP contribution in [-0.4, -0.2) is 21.6 Å². The molecule has 0 aliphatic heterocycles. The van der Waals surface area contributed by atoms with Gasteiger partial charge in [0.2, 0.25) is 0 Å². The normalized spacial score (nSPS) is 10.3. The van der Waals surface area contributed by atoms with Gasteiger partial charge in [0.25, 0.3) is 5.91 Å². The van der Waals surface area contributed by atoms with Crippen LogP contribution in [0.5, 0.6) is 0 Å². The van der Waals surface area contributed by atoms with Crippen LogP contribution in [0.1, 0.15) is 16.1 Å². The lowest BCUT2D eigenvalue weighted by Crippen LogP contribution is -2.20. The molecule has 0 saturated carbocycles. The lowest BCUT2D eigenvalue weighted by Gasteiger charge is -2.10. The van der Waals surface area contributed by atoms with Crippen molar-refractivity contribution in [1.82, 2.24) is 4.57 Å². The number of aliphatic carboxylic acids is 1. The van der Waals surface area contributed by atoms with E-state index in [9.17, 15) is 14.0 Å². The van der Waals surface area contributed by atoms with Gasteiger partial charge < -0.3 is 15.0 Å². The van der Waals surface area contributed by atoms with Gasteiger partial charge in [-0.2, -0.15) is 0 Å². The standard InChI is InChI=1S/C14H13FN2O3/c1-9-4-2-5-10(15)13(9)16-14(20)11-6-3-7-17(11)8-12(18)19/h2-7H,8H2,1H3,(H,16,20)(H,18,19). The van der Waals surface area contributed by atoms with E-state index >= 15 is 0 Å². The molecule has 0 atom stereocenters. The number of anilines is 1. The van der Waals surface area contributed by atoms with Crippen LogP contribution in [0.4, 0.5) is 10.1 Å². The highest BCUT2D eigenvalue weighted by molar-refractivity contribution is 6.03. The summed E-state index contributed by atoms with van der Waals surface area (Å²) in [4.78, 5) is 22.8. The minimum absolute atomic E-state index is 0.0978. The fourth-order valence-corrected chi connectivity index (χ4v) is 1.87. The summed E-state index contributed by atoms with van der Waals surface area (Å²) in [7, 11) is 0. The lowest BCUT2D eigenvalue weighted by atomic mass is 10.2. The highest BCUT2D eigenvalue weighted by Gasteiger charge is 2.15. The molecule has 6 heteroatoms. The van der Waals surface area contributed by atoms with Gasteiger partial charge >= 0.3 is 5.97 Å². The Bertz CT molecular complexity index is 644. The Morgan fingerprint density at radius 3 is 2.70 bits per heavy atom. The molecule has 2 aromatic rings. The van der Waals surface area contributed by atoms with E-state index in [1.54, 1.807) is 25.1 Å². The minimum Gasteiger partial charge on any atom is -0.480 e. The van der Waals surface area contributed by atoms with Crippen LogP contribution in [0.25, 0.3) is 0 Å². The van der Waals surface area contributed by atoms with E-state index in [-0.39, 0.29) is 17.9 Å². The minimum atomic E-state index is -1.06. The second kappa shape index (κ2) is 5.56. The molecule has 1 amide bonds. The van der Waals surface area contributed by atoms with Crippen molar-refractivity contribution in [2.45, 2.75) is 13.5 Å². The summed E-state index contributed by atoms with van der Waals surface area (Å²) < 4.78 is 14.9. The number of benzene rings is 1. The molecule has 104 valence electrons. The van der Waals surface area contributed by atoms with Crippen molar-refractivity contribution in [1.29, 1.82) is 0 Å².